The van der Waals surface area contributed by atoms with Crippen LogP contribution >= 0.6 is 0 Å². The molecule has 0 spiro atoms. The molecule has 1 unspecified atom stereocenters. The van der Waals surface area contributed by atoms with Gasteiger partial charge in [0.05, 0.1) is 4.92 Å². The average Bonchev–Trinajstić information content (AvgIpc) is 2.38. The normalized spacial score (nSPS) is 13.1. The monoisotopic (exact) mass is 311 g/mol. The maximum atomic E-state index is 10.6. The standard InChI is InChI=1S/C13H21NO4Si2/c1-6-20(4,5)18-13(19(2)3)17-12-9-7-11(8-10-12)14(15)16/h6-10,13,19H,1H2,2-5H3. The summed E-state index contributed by atoms with van der Waals surface area (Å²) in [5, 5.41) is 10.6. The Kier molecular flexibility index (Phi) is 5.66. The fraction of sp³-hybridized carbons (Fsp3) is 0.385. The zero-order valence-corrected chi connectivity index (χ0v) is 14.5. The molecule has 7 heteroatoms. The molecule has 0 saturated heterocycles. The topological polar surface area (TPSA) is 61.6 Å². The van der Waals surface area contributed by atoms with Crippen molar-refractivity contribution in [1.82, 2.24) is 0 Å². The van der Waals surface area contributed by atoms with Gasteiger partial charge in [-0.05, 0) is 25.2 Å². The van der Waals surface area contributed by atoms with E-state index in [-0.39, 0.29) is 11.6 Å². The number of nitro benzene ring substituents is 1. The van der Waals surface area contributed by atoms with Crippen molar-refractivity contribution < 1.29 is 14.1 Å². The number of nitrogens with zero attached hydrogens (tertiary/aromatic N) is 1. The first kappa shape index (κ1) is 16.6. The smallest absolute Gasteiger partial charge is 0.269 e. The van der Waals surface area contributed by atoms with Gasteiger partial charge >= 0.3 is 0 Å². The van der Waals surface area contributed by atoms with E-state index in [0.29, 0.717) is 5.75 Å². The third-order valence-electron chi connectivity index (χ3n) is 2.76. The molecule has 110 valence electrons. The largest absolute Gasteiger partial charge is 0.470 e. The Hall–Kier alpha value is -1.45. The van der Waals surface area contributed by atoms with Crippen LogP contribution in [-0.2, 0) is 4.43 Å². The van der Waals surface area contributed by atoms with Crippen molar-refractivity contribution in [3.05, 3.63) is 46.7 Å². The average molecular weight is 311 g/mol. The molecule has 0 bridgehead atoms. The molecular weight excluding hydrogens is 290 g/mol. The fourth-order valence-corrected chi connectivity index (χ4v) is 4.74. The molecule has 0 fully saturated rings. The van der Waals surface area contributed by atoms with E-state index in [1.165, 1.54) is 12.1 Å². The molecule has 1 rings (SSSR count). The zero-order chi connectivity index (χ0) is 15.3. The lowest BCUT2D eigenvalue weighted by Gasteiger charge is -2.29. The highest BCUT2D eigenvalue weighted by Crippen LogP contribution is 2.21. The van der Waals surface area contributed by atoms with Crippen LogP contribution in [0.1, 0.15) is 0 Å². The van der Waals surface area contributed by atoms with Crippen LogP contribution in [0.5, 0.6) is 5.75 Å². The lowest BCUT2D eigenvalue weighted by Crippen LogP contribution is -2.43. The van der Waals surface area contributed by atoms with E-state index in [9.17, 15) is 10.1 Å². The summed E-state index contributed by atoms with van der Waals surface area (Å²) in [6.45, 7) is 12.2. The maximum absolute atomic E-state index is 10.6. The van der Waals surface area contributed by atoms with Crippen LogP contribution in [0.15, 0.2) is 36.5 Å². The first-order valence-corrected chi connectivity index (χ1v) is 12.4. The van der Waals surface area contributed by atoms with E-state index in [4.69, 9.17) is 9.16 Å². The molecule has 1 atom stereocenters. The second kappa shape index (κ2) is 6.82. The lowest BCUT2D eigenvalue weighted by atomic mass is 10.3. The molecule has 0 saturated carbocycles. The van der Waals surface area contributed by atoms with Gasteiger partial charge in [-0.1, -0.05) is 18.8 Å². The minimum Gasteiger partial charge on any atom is -0.470 e. The number of rotatable bonds is 7. The van der Waals surface area contributed by atoms with Gasteiger partial charge in [0.1, 0.15) is 14.5 Å². The molecule has 20 heavy (non-hydrogen) atoms. The van der Waals surface area contributed by atoms with Gasteiger partial charge in [0.2, 0.25) is 8.32 Å². The summed E-state index contributed by atoms with van der Waals surface area (Å²) in [7, 11) is -3.11. The minimum absolute atomic E-state index is 0.0532. The summed E-state index contributed by atoms with van der Waals surface area (Å²) in [6.07, 6.45) is 0. The number of ether oxygens (including phenoxy) is 1. The van der Waals surface area contributed by atoms with Crippen molar-refractivity contribution in [1.29, 1.82) is 0 Å². The second-order valence-corrected chi connectivity index (χ2v) is 12.3. The van der Waals surface area contributed by atoms with Gasteiger partial charge in [-0.3, -0.25) is 10.1 Å². The van der Waals surface area contributed by atoms with Crippen LogP contribution < -0.4 is 4.74 Å². The summed E-state index contributed by atoms with van der Waals surface area (Å²) >= 11 is 0. The van der Waals surface area contributed by atoms with Crippen molar-refractivity contribution in [2.75, 3.05) is 0 Å². The van der Waals surface area contributed by atoms with Gasteiger partial charge in [-0.2, -0.15) is 0 Å². The summed E-state index contributed by atoms with van der Waals surface area (Å²) in [6, 6.07) is 6.08. The summed E-state index contributed by atoms with van der Waals surface area (Å²) in [5.41, 5.74) is 1.92. The third kappa shape index (κ3) is 4.91. The Labute approximate surface area is 122 Å². The summed E-state index contributed by atoms with van der Waals surface area (Å²) in [4.78, 5) is 10.2. The summed E-state index contributed by atoms with van der Waals surface area (Å²) in [5.74, 6) is 0.340. The molecule has 0 aliphatic heterocycles. The van der Waals surface area contributed by atoms with Crippen molar-refractivity contribution in [2.24, 2.45) is 0 Å². The van der Waals surface area contributed by atoms with Crippen molar-refractivity contribution >= 4 is 22.8 Å². The molecule has 1 aromatic carbocycles. The highest BCUT2D eigenvalue weighted by molar-refractivity contribution is 6.76. The van der Waals surface area contributed by atoms with E-state index in [1.54, 1.807) is 12.1 Å². The maximum Gasteiger partial charge on any atom is 0.269 e. The van der Waals surface area contributed by atoms with Crippen LogP contribution in [-0.4, -0.2) is 28.0 Å². The molecule has 5 nitrogen and oxygen atoms in total. The molecule has 0 aromatic heterocycles. The summed E-state index contributed by atoms with van der Waals surface area (Å²) < 4.78 is 11.9. The number of non-ortho nitro benzene ring substituents is 1. The van der Waals surface area contributed by atoms with Gasteiger partial charge in [0.25, 0.3) is 5.69 Å². The predicted molar refractivity (Wildman–Crippen MR) is 85.2 cm³/mol. The number of nitro groups is 1. The van der Waals surface area contributed by atoms with Crippen molar-refractivity contribution in [2.45, 2.75) is 32.1 Å². The number of hydrogen-bond donors (Lipinski definition) is 0. The fourth-order valence-electron chi connectivity index (χ4n) is 1.42. The van der Waals surface area contributed by atoms with E-state index in [0.717, 1.165) is 0 Å². The van der Waals surface area contributed by atoms with Gasteiger partial charge < -0.3 is 9.16 Å². The quantitative estimate of drug-likeness (QED) is 0.335. The van der Waals surface area contributed by atoms with Gasteiger partial charge in [-0.25, -0.2) is 0 Å². The molecular formula is C13H21NO4Si2. The highest BCUT2D eigenvalue weighted by atomic mass is 28.4. The Morgan fingerprint density at radius 3 is 2.30 bits per heavy atom. The Morgan fingerprint density at radius 1 is 1.35 bits per heavy atom. The van der Waals surface area contributed by atoms with E-state index < -0.39 is 22.0 Å². The highest BCUT2D eigenvalue weighted by Gasteiger charge is 2.27. The second-order valence-electron chi connectivity index (χ2n) is 5.41. The molecule has 0 N–H and O–H groups in total. The van der Waals surface area contributed by atoms with E-state index >= 15 is 0 Å². The number of benzene rings is 1. The SMILES string of the molecule is C=C[Si](C)(C)OC(Oc1ccc([N+](=O)[O-])cc1)[SiH](C)C. The third-order valence-corrected chi connectivity index (χ3v) is 6.21. The Morgan fingerprint density at radius 2 is 1.90 bits per heavy atom. The van der Waals surface area contributed by atoms with Gasteiger partial charge in [0, 0.05) is 12.1 Å². The molecule has 1 aromatic rings. The molecule has 0 aliphatic carbocycles. The Bertz CT molecular complexity index is 474. The van der Waals surface area contributed by atoms with Crippen molar-refractivity contribution in [3.8, 4) is 5.75 Å². The first-order chi connectivity index (χ1) is 9.25. The van der Waals surface area contributed by atoms with Gasteiger partial charge in [-0.15, -0.1) is 6.58 Å². The number of hydrogen-bond acceptors (Lipinski definition) is 4. The molecule has 0 heterocycles. The lowest BCUT2D eigenvalue weighted by molar-refractivity contribution is -0.384. The Balaban J connectivity index is 2.80. The molecule has 0 radical (unpaired) electrons. The van der Waals surface area contributed by atoms with E-state index in [1.807, 2.05) is 5.70 Å². The van der Waals surface area contributed by atoms with Crippen molar-refractivity contribution in [3.63, 3.8) is 0 Å². The van der Waals surface area contributed by atoms with Crippen LogP contribution in [0.4, 0.5) is 5.69 Å². The zero-order valence-electron chi connectivity index (χ0n) is 12.3. The molecule has 0 aliphatic rings. The molecule has 0 amide bonds. The van der Waals surface area contributed by atoms with Crippen LogP contribution in [0.25, 0.3) is 0 Å². The van der Waals surface area contributed by atoms with Crippen LogP contribution in [0, 0.1) is 10.1 Å². The predicted octanol–water partition coefficient (Wildman–Crippen LogP) is 3.27. The van der Waals surface area contributed by atoms with Crippen LogP contribution in [0.3, 0.4) is 0 Å². The van der Waals surface area contributed by atoms with Crippen LogP contribution in [0.2, 0.25) is 26.2 Å². The first-order valence-electron chi connectivity index (χ1n) is 6.47. The van der Waals surface area contributed by atoms with E-state index in [2.05, 4.69) is 32.8 Å². The minimum atomic E-state index is -1.92. The van der Waals surface area contributed by atoms with Gasteiger partial charge in [0.15, 0.2) is 5.91 Å².